The fraction of sp³-hybridized carbons (Fsp3) is 0.0870. The maximum absolute atomic E-state index is 13.2. The van der Waals surface area contributed by atoms with E-state index in [1.54, 1.807) is 30.3 Å². The lowest BCUT2D eigenvalue weighted by atomic mass is 10.1. The van der Waals surface area contributed by atoms with Crippen LogP contribution in [0.15, 0.2) is 65.1 Å². The number of aryl methyl sites for hydroxylation is 1. The number of nitro groups is 2. The molecule has 0 radical (unpaired) electrons. The number of nitro benzene ring substituents is 2. The van der Waals surface area contributed by atoms with Crippen LogP contribution in [0.3, 0.4) is 0 Å². The van der Waals surface area contributed by atoms with Gasteiger partial charge in [0.15, 0.2) is 5.78 Å². The third kappa shape index (κ3) is 5.90. The number of alkyl halides is 3. The van der Waals surface area contributed by atoms with Crippen LogP contribution in [0, 0.1) is 27.2 Å². The normalized spacial score (nSPS) is 11.5. The van der Waals surface area contributed by atoms with Gasteiger partial charge in [0.05, 0.1) is 19.9 Å². The maximum atomic E-state index is 13.2. The molecule has 12 heteroatoms. The van der Waals surface area contributed by atoms with Crippen LogP contribution in [0.5, 0.6) is 11.5 Å². The molecule has 0 saturated carbocycles. The SMILES string of the molecule is Cc1ccc(C(=O)/C=C/c2cccc(Br)c2Oc2c([N+](=O)[O-])cc(C(F)(F)F)cc2[N+](=O)[O-])cc1. The summed E-state index contributed by atoms with van der Waals surface area (Å²) < 4.78 is 45.2. The molecule has 0 aliphatic heterocycles. The number of hydrogen-bond acceptors (Lipinski definition) is 6. The highest BCUT2D eigenvalue weighted by molar-refractivity contribution is 9.10. The number of allylic oxidation sites excluding steroid dienone is 1. The van der Waals surface area contributed by atoms with E-state index < -0.39 is 38.7 Å². The Hall–Kier alpha value is -4.06. The smallest absolute Gasteiger partial charge is 0.416 e. The topological polar surface area (TPSA) is 113 Å². The van der Waals surface area contributed by atoms with Crippen molar-refractivity contribution in [1.29, 1.82) is 0 Å². The van der Waals surface area contributed by atoms with E-state index in [0.717, 1.165) is 5.56 Å². The van der Waals surface area contributed by atoms with Crippen LogP contribution in [0.25, 0.3) is 6.08 Å². The lowest BCUT2D eigenvalue weighted by molar-refractivity contribution is -0.396. The van der Waals surface area contributed by atoms with Crippen molar-refractivity contribution < 1.29 is 32.5 Å². The zero-order valence-electron chi connectivity index (χ0n) is 17.7. The van der Waals surface area contributed by atoms with Gasteiger partial charge in [0.25, 0.3) is 5.75 Å². The molecule has 0 bridgehead atoms. The van der Waals surface area contributed by atoms with Crippen molar-refractivity contribution in [2.24, 2.45) is 0 Å². The Bertz CT molecular complexity index is 1320. The predicted molar refractivity (Wildman–Crippen MR) is 124 cm³/mol. The molecule has 0 unspecified atom stereocenters. The molecule has 0 aliphatic rings. The molecule has 180 valence electrons. The van der Waals surface area contributed by atoms with Crippen LogP contribution in [0.4, 0.5) is 24.5 Å². The van der Waals surface area contributed by atoms with E-state index >= 15 is 0 Å². The molecule has 0 heterocycles. The molecular formula is C23H14BrF3N2O6. The second kappa shape index (κ2) is 10.1. The molecule has 0 aromatic heterocycles. The average molecular weight is 551 g/mol. The highest BCUT2D eigenvalue weighted by atomic mass is 79.9. The average Bonchev–Trinajstić information content (AvgIpc) is 2.78. The number of carbonyl (C=O) groups is 1. The minimum absolute atomic E-state index is 0.162. The van der Waals surface area contributed by atoms with Crippen molar-refractivity contribution in [3.05, 3.63) is 108 Å². The van der Waals surface area contributed by atoms with Crippen molar-refractivity contribution in [2.75, 3.05) is 0 Å². The third-order valence-corrected chi connectivity index (χ3v) is 5.35. The second-order valence-electron chi connectivity index (χ2n) is 7.18. The van der Waals surface area contributed by atoms with Gasteiger partial charge in [-0.2, -0.15) is 13.2 Å². The molecule has 8 nitrogen and oxygen atoms in total. The van der Waals surface area contributed by atoms with Crippen molar-refractivity contribution >= 4 is 39.2 Å². The molecule has 35 heavy (non-hydrogen) atoms. The zero-order valence-corrected chi connectivity index (χ0v) is 19.3. The summed E-state index contributed by atoms with van der Waals surface area (Å²) in [5, 5.41) is 23.0. The van der Waals surface area contributed by atoms with E-state index in [0.29, 0.717) is 5.56 Å². The number of hydrogen-bond donors (Lipinski definition) is 0. The number of halogens is 4. The minimum Gasteiger partial charge on any atom is -0.442 e. The number of carbonyl (C=O) groups excluding carboxylic acids is 1. The van der Waals surface area contributed by atoms with E-state index in [4.69, 9.17) is 4.74 Å². The van der Waals surface area contributed by atoms with Gasteiger partial charge in [0, 0.05) is 23.3 Å². The number of nitrogens with zero attached hydrogens (tertiary/aromatic N) is 2. The Labute approximate surface area is 204 Å². The fourth-order valence-corrected chi connectivity index (χ4v) is 3.45. The van der Waals surface area contributed by atoms with Crippen molar-refractivity contribution in [3.63, 3.8) is 0 Å². The first-order valence-electron chi connectivity index (χ1n) is 9.68. The Kier molecular flexibility index (Phi) is 7.34. The molecule has 0 saturated heterocycles. The van der Waals surface area contributed by atoms with Gasteiger partial charge < -0.3 is 4.74 Å². The van der Waals surface area contributed by atoms with E-state index in [1.807, 2.05) is 6.92 Å². The summed E-state index contributed by atoms with van der Waals surface area (Å²) in [6.07, 6.45) is -2.54. The standard InChI is InChI=1S/C23H14BrF3N2O6/c1-13-5-7-14(8-6-13)20(30)10-9-15-3-2-4-17(24)21(15)35-22-18(28(31)32)11-16(23(25,26)27)12-19(22)29(33)34/h2-12H,1H3/b10-9+. The van der Waals surface area contributed by atoms with Crippen LogP contribution in [0.2, 0.25) is 0 Å². The van der Waals surface area contributed by atoms with Crippen LogP contribution in [0.1, 0.15) is 27.0 Å². The van der Waals surface area contributed by atoms with Gasteiger partial charge in [-0.15, -0.1) is 0 Å². The van der Waals surface area contributed by atoms with E-state index in [9.17, 15) is 38.2 Å². The number of rotatable bonds is 7. The summed E-state index contributed by atoms with van der Waals surface area (Å²) in [6, 6.07) is 11.5. The highest BCUT2D eigenvalue weighted by Gasteiger charge is 2.39. The molecule has 0 amide bonds. The van der Waals surface area contributed by atoms with Crippen molar-refractivity contribution in [1.82, 2.24) is 0 Å². The second-order valence-corrected chi connectivity index (χ2v) is 8.03. The van der Waals surface area contributed by atoms with Crippen LogP contribution < -0.4 is 4.74 Å². The van der Waals surface area contributed by atoms with E-state index in [1.165, 1.54) is 24.3 Å². The van der Waals surface area contributed by atoms with Gasteiger partial charge >= 0.3 is 17.6 Å². The lowest BCUT2D eigenvalue weighted by Crippen LogP contribution is -2.08. The van der Waals surface area contributed by atoms with E-state index in [-0.39, 0.29) is 33.7 Å². The summed E-state index contributed by atoms with van der Waals surface area (Å²) in [5.74, 6) is -1.53. The first-order chi connectivity index (χ1) is 16.4. The molecule has 0 atom stereocenters. The number of ketones is 1. The van der Waals surface area contributed by atoms with Gasteiger partial charge in [0.1, 0.15) is 5.75 Å². The molecule has 0 aliphatic carbocycles. The highest BCUT2D eigenvalue weighted by Crippen LogP contribution is 2.46. The minimum atomic E-state index is -5.06. The Morgan fingerprint density at radius 1 is 0.971 bits per heavy atom. The Morgan fingerprint density at radius 2 is 1.54 bits per heavy atom. The summed E-state index contributed by atoms with van der Waals surface area (Å²) in [4.78, 5) is 33.1. The molecule has 3 rings (SSSR count). The number of benzene rings is 3. The maximum Gasteiger partial charge on any atom is 0.416 e. The van der Waals surface area contributed by atoms with E-state index in [2.05, 4.69) is 15.9 Å². The molecule has 0 fully saturated rings. The first-order valence-corrected chi connectivity index (χ1v) is 10.5. The third-order valence-electron chi connectivity index (χ3n) is 4.72. The van der Waals surface area contributed by atoms with Crippen molar-refractivity contribution in [2.45, 2.75) is 13.1 Å². The first kappa shape index (κ1) is 25.6. The van der Waals surface area contributed by atoms with Gasteiger partial charge in [-0.1, -0.05) is 42.0 Å². The lowest BCUT2D eigenvalue weighted by Gasteiger charge is -2.13. The largest absolute Gasteiger partial charge is 0.442 e. The number of ether oxygens (including phenoxy) is 1. The molecule has 0 N–H and O–H groups in total. The van der Waals surface area contributed by atoms with Gasteiger partial charge in [-0.05, 0) is 41.1 Å². The Balaban J connectivity index is 2.09. The van der Waals surface area contributed by atoms with Gasteiger partial charge in [-0.25, -0.2) is 0 Å². The summed E-state index contributed by atoms with van der Waals surface area (Å²) >= 11 is 3.17. The van der Waals surface area contributed by atoms with Crippen LogP contribution in [-0.2, 0) is 6.18 Å². The molecule has 3 aromatic rings. The fourth-order valence-electron chi connectivity index (χ4n) is 2.98. The Morgan fingerprint density at radius 3 is 2.06 bits per heavy atom. The monoisotopic (exact) mass is 550 g/mol. The summed E-state index contributed by atoms with van der Waals surface area (Å²) in [5.41, 5.74) is -2.53. The summed E-state index contributed by atoms with van der Waals surface area (Å²) in [7, 11) is 0. The predicted octanol–water partition coefficient (Wildman–Crippen LogP) is 7.28. The zero-order chi connectivity index (χ0) is 25.9. The molecular weight excluding hydrogens is 537 g/mol. The quantitative estimate of drug-likeness (QED) is 0.132. The number of para-hydroxylation sites is 1. The summed E-state index contributed by atoms with van der Waals surface area (Å²) in [6.45, 7) is 1.86. The molecule has 0 spiro atoms. The van der Waals surface area contributed by atoms with Crippen LogP contribution in [-0.4, -0.2) is 15.6 Å². The molecule has 3 aromatic carbocycles. The van der Waals surface area contributed by atoms with Gasteiger partial charge in [0.2, 0.25) is 0 Å². The van der Waals surface area contributed by atoms with Crippen molar-refractivity contribution in [3.8, 4) is 11.5 Å². The van der Waals surface area contributed by atoms with Gasteiger partial charge in [-0.3, -0.25) is 25.0 Å². The van der Waals surface area contributed by atoms with Crippen LogP contribution >= 0.6 is 15.9 Å².